The lowest BCUT2D eigenvalue weighted by atomic mass is 9.97. The summed E-state index contributed by atoms with van der Waals surface area (Å²) in [5.41, 5.74) is 7.88. The minimum absolute atomic E-state index is 0.0375. The molecule has 0 amide bonds. The van der Waals surface area contributed by atoms with Crippen molar-refractivity contribution in [3.8, 4) is 68.6 Å². The van der Waals surface area contributed by atoms with Crippen LogP contribution in [0.1, 0.15) is 113 Å². The fourth-order valence-corrected chi connectivity index (χ4v) is 10.3. The number of carbonyl (C=O) groups is 2. The Morgan fingerprint density at radius 2 is 0.921 bits per heavy atom. The molecule has 0 bridgehead atoms. The molecule has 2 fully saturated rings. The number of aliphatic hydroxyl groups is 2. The molecule has 0 radical (unpaired) electrons. The molecule has 0 aliphatic carbocycles. The molecule has 8 aromatic rings. The number of piperidine rings is 2. The molecule has 76 heavy (non-hydrogen) atoms. The van der Waals surface area contributed by atoms with Gasteiger partial charge in [0.1, 0.15) is 0 Å². The van der Waals surface area contributed by atoms with Crippen molar-refractivity contribution in [2.24, 2.45) is 0 Å². The second-order valence-electron chi connectivity index (χ2n) is 19.5. The van der Waals surface area contributed by atoms with Gasteiger partial charge in [0.25, 0.3) is 11.8 Å². The van der Waals surface area contributed by atoms with Crippen LogP contribution in [-0.2, 0) is 22.4 Å². The van der Waals surface area contributed by atoms with Gasteiger partial charge in [-0.3, -0.25) is 19.4 Å². The Morgan fingerprint density at radius 3 is 1.29 bits per heavy atom. The van der Waals surface area contributed by atoms with E-state index in [2.05, 4.69) is 54.2 Å². The SMILES string of the molecule is CCCc1c(-c2nc(-c3ccc(C(O)CN4CCCCC4CC(=O)O)cc3)no2)noc1-c1ccccc1.CCCc1c(-c2nc(-c3ccc(C(O)CN4CCCCC4CC(=O)O)cc3)no2)noc1-c1ccccc1. The van der Waals surface area contributed by atoms with Crippen molar-refractivity contribution in [2.45, 2.75) is 115 Å². The predicted octanol–water partition coefficient (Wildman–Crippen LogP) is 10.7. The minimum Gasteiger partial charge on any atom is -0.481 e. The second-order valence-corrected chi connectivity index (χ2v) is 19.5. The van der Waals surface area contributed by atoms with Gasteiger partial charge in [-0.2, -0.15) is 9.97 Å². The number of likely N-dealkylation sites (tertiary alicyclic amines) is 2. The third kappa shape index (κ3) is 12.9. The second kappa shape index (κ2) is 25.3. The van der Waals surface area contributed by atoms with Crippen LogP contribution in [0.4, 0.5) is 0 Å². The lowest BCUT2D eigenvalue weighted by Crippen LogP contribution is -2.43. The van der Waals surface area contributed by atoms with Gasteiger partial charge in [-0.1, -0.05) is 169 Å². The van der Waals surface area contributed by atoms with Gasteiger partial charge in [0, 0.05) is 58.6 Å². The first kappa shape index (κ1) is 53.2. The molecule has 4 N–H and O–H groups in total. The number of hydrogen-bond donors (Lipinski definition) is 4. The van der Waals surface area contributed by atoms with E-state index in [9.17, 15) is 30.0 Å². The van der Waals surface area contributed by atoms with Gasteiger partial charge < -0.3 is 38.5 Å². The largest absolute Gasteiger partial charge is 0.481 e. The number of benzene rings is 4. The van der Waals surface area contributed by atoms with Crippen LogP contribution in [-0.4, -0.2) is 111 Å². The third-order valence-corrected chi connectivity index (χ3v) is 14.1. The molecule has 2 aliphatic rings. The highest BCUT2D eigenvalue weighted by Gasteiger charge is 2.30. The van der Waals surface area contributed by atoms with Gasteiger partial charge in [-0.15, -0.1) is 0 Å². The normalized spacial score (nSPS) is 16.9. The zero-order chi connectivity index (χ0) is 53.0. The van der Waals surface area contributed by atoms with Crippen LogP contribution >= 0.6 is 0 Å². The van der Waals surface area contributed by atoms with Crippen LogP contribution in [0.25, 0.3) is 68.6 Å². The topological polar surface area (TPSA) is 251 Å². The van der Waals surface area contributed by atoms with Gasteiger partial charge in [-0.25, -0.2) is 0 Å². The van der Waals surface area contributed by atoms with E-state index in [-0.39, 0.29) is 24.9 Å². The van der Waals surface area contributed by atoms with Crippen molar-refractivity contribution in [1.29, 1.82) is 0 Å². The molecule has 10 rings (SSSR count). The minimum atomic E-state index is -0.802. The zero-order valence-corrected chi connectivity index (χ0v) is 42.8. The smallest absolute Gasteiger partial charge is 0.304 e. The lowest BCUT2D eigenvalue weighted by molar-refractivity contribution is -0.140. The van der Waals surface area contributed by atoms with Crippen molar-refractivity contribution in [2.75, 3.05) is 26.2 Å². The van der Waals surface area contributed by atoms with Crippen LogP contribution in [0.3, 0.4) is 0 Å². The number of aromatic nitrogens is 6. The molecule has 18 heteroatoms. The van der Waals surface area contributed by atoms with E-state index >= 15 is 0 Å². The van der Waals surface area contributed by atoms with Gasteiger partial charge in [0.05, 0.1) is 25.0 Å². The van der Waals surface area contributed by atoms with E-state index in [1.54, 1.807) is 0 Å². The van der Waals surface area contributed by atoms with Crippen molar-refractivity contribution in [3.05, 3.63) is 131 Å². The van der Waals surface area contributed by atoms with Crippen LogP contribution in [0.2, 0.25) is 0 Å². The van der Waals surface area contributed by atoms with E-state index in [0.29, 0.717) is 59.4 Å². The average Bonchev–Trinajstić information content (AvgIpc) is 4.28. The number of aliphatic hydroxyl groups excluding tert-OH is 2. The molecular formula is C58H64N8O10. The highest BCUT2D eigenvalue weighted by atomic mass is 16.5. The predicted molar refractivity (Wildman–Crippen MR) is 282 cm³/mol. The summed E-state index contributed by atoms with van der Waals surface area (Å²) < 4.78 is 22.5. The first-order valence-electron chi connectivity index (χ1n) is 26.3. The molecule has 18 nitrogen and oxygen atoms in total. The van der Waals surface area contributed by atoms with Gasteiger partial charge in [-0.05, 0) is 62.7 Å². The van der Waals surface area contributed by atoms with Crippen LogP contribution in [0, 0.1) is 0 Å². The van der Waals surface area contributed by atoms with Crippen molar-refractivity contribution >= 4 is 11.9 Å². The first-order valence-corrected chi connectivity index (χ1v) is 26.3. The van der Waals surface area contributed by atoms with Crippen molar-refractivity contribution in [1.82, 2.24) is 40.4 Å². The van der Waals surface area contributed by atoms with E-state index < -0.39 is 24.1 Å². The molecule has 2 aliphatic heterocycles. The van der Waals surface area contributed by atoms with E-state index in [4.69, 9.17) is 18.1 Å². The number of aliphatic carboxylic acids is 2. The lowest BCUT2D eigenvalue weighted by Gasteiger charge is -2.36. The maximum atomic E-state index is 11.2. The monoisotopic (exact) mass is 1030 g/mol. The molecule has 4 aromatic carbocycles. The third-order valence-electron chi connectivity index (χ3n) is 14.1. The molecule has 0 spiro atoms. The maximum absolute atomic E-state index is 11.2. The Labute approximate surface area is 440 Å². The maximum Gasteiger partial charge on any atom is 0.304 e. The summed E-state index contributed by atoms with van der Waals surface area (Å²) in [4.78, 5) is 35.8. The van der Waals surface area contributed by atoms with Gasteiger partial charge in [0.2, 0.25) is 11.6 Å². The number of carboxylic acid groups (broad SMARTS) is 2. The van der Waals surface area contributed by atoms with Crippen molar-refractivity contribution < 1.29 is 48.1 Å². The fourth-order valence-electron chi connectivity index (χ4n) is 10.3. The molecule has 4 unspecified atom stereocenters. The Bertz CT molecular complexity index is 2910. The van der Waals surface area contributed by atoms with E-state index in [1.165, 1.54) is 0 Å². The Hall–Kier alpha value is -7.64. The van der Waals surface area contributed by atoms with Crippen LogP contribution < -0.4 is 0 Å². The van der Waals surface area contributed by atoms with Gasteiger partial charge in [0.15, 0.2) is 22.9 Å². The summed E-state index contributed by atoms with van der Waals surface area (Å²) in [6.45, 7) is 6.59. The molecule has 4 atom stereocenters. The molecule has 2 saturated heterocycles. The molecule has 4 aromatic heterocycles. The molecule has 0 saturated carbocycles. The summed E-state index contributed by atoms with van der Waals surface area (Å²) >= 11 is 0. The standard InChI is InChI=1S/2C29H32N4O5/c2*1-2-8-23-26(31-37-27(23)20-9-4-3-5-10-20)29-30-28(32-38-29)21-14-12-19(13-15-21)24(34)18-33-16-7-6-11-22(33)17-25(35)36/h2*3-5,9-10,12-15,22,24,34H,2,6-8,11,16-18H2,1H3,(H,35,36). The summed E-state index contributed by atoms with van der Waals surface area (Å²) in [6.07, 6.45) is 7.86. The Balaban J connectivity index is 0.000000186. The number of β-amino-alcohol motifs (C(OH)–C–C–N with tert-alkyl or cyclic N) is 2. The first-order chi connectivity index (χ1) is 37.1. The molecule has 396 valence electrons. The van der Waals surface area contributed by atoms with Crippen LogP contribution in [0.5, 0.6) is 0 Å². The van der Waals surface area contributed by atoms with Crippen LogP contribution in [0.15, 0.2) is 127 Å². The quantitative estimate of drug-likeness (QED) is 0.0554. The number of carboxylic acids is 2. The highest BCUT2D eigenvalue weighted by molar-refractivity contribution is 5.72. The van der Waals surface area contributed by atoms with E-state index in [0.717, 1.165) is 122 Å². The fraction of sp³-hybridized carbons (Fsp3) is 0.379. The summed E-state index contributed by atoms with van der Waals surface area (Å²) in [7, 11) is 0. The Morgan fingerprint density at radius 1 is 0.526 bits per heavy atom. The molecular weight excluding hydrogens is 969 g/mol. The van der Waals surface area contributed by atoms with Crippen molar-refractivity contribution in [3.63, 3.8) is 0 Å². The number of nitrogens with zero attached hydrogens (tertiary/aromatic N) is 8. The Kier molecular flexibility index (Phi) is 17.7. The number of rotatable bonds is 20. The number of hydrogen-bond acceptors (Lipinski definition) is 16. The van der Waals surface area contributed by atoms with Gasteiger partial charge >= 0.3 is 11.9 Å². The summed E-state index contributed by atoms with van der Waals surface area (Å²) in [5.74, 6) is 1.25. The molecule has 6 heterocycles. The van der Waals surface area contributed by atoms with E-state index in [1.807, 2.05) is 109 Å². The highest BCUT2D eigenvalue weighted by Crippen LogP contribution is 2.36. The summed E-state index contributed by atoms with van der Waals surface area (Å²) in [6, 6.07) is 34.4. The zero-order valence-electron chi connectivity index (χ0n) is 42.8. The average molecular weight is 1030 g/mol. The summed E-state index contributed by atoms with van der Waals surface area (Å²) in [5, 5.41) is 57.0.